The topological polar surface area (TPSA) is 58.6 Å². The summed E-state index contributed by atoms with van der Waals surface area (Å²) in [6, 6.07) is 0. The summed E-state index contributed by atoms with van der Waals surface area (Å²) in [4.78, 5) is 24.4. The van der Waals surface area contributed by atoms with E-state index in [-0.39, 0.29) is 5.76 Å². The molecule has 1 fully saturated rings. The predicted molar refractivity (Wildman–Crippen MR) is 59.7 cm³/mol. The van der Waals surface area contributed by atoms with Crippen LogP contribution < -0.4 is 5.32 Å². The van der Waals surface area contributed by atoms with Gasteiger partial charge in [-0.1, -0.05) is 13.8 Å². The second kappa shape index (κ2) is 5.65. The number of cyclic esters (lactones) is 1. The van der Waals surface area contributed by atoms with Crippen molar-refractivity contribution in [1.82, 2.24) is 10.2 Å². The Bertz CT molecular complexity index is 323. The zero-order valence-electron chi connectivity index (χ0n) is 10.0. The van der Waals surface area contributed by atoms with Gasteiger partial charge in [0.05, 0.1) is 0 Å². The van der Waals surface area contributed by atoms with E-state index in [4.69, 9.17) is 4.74 Å². The van der Waals surface area contributed by atoms with Crippen LogP contribution in [0.2, 0.25) is 0 Å². The van der Waals surface area contributed by atoms with Crippen molar-refractivity contribution in [2.45, 2.75) is 26.7 Å². The number of carbonyl (C=O) groups excluding carboxylic acids is 2. The molecule has 2 amide bonds. The molecule has 0 aromatic rings. The van der Waals surface area contributed by atoms with Crippen LogP contribution >= 0.6 is 0 Å². The normalized spacial score (nSPS) is 18.8. The first-order chi connectivity index (χ1) is 7.58. The molecule has 90 valence electrons. The van der Waals surface area contributed by atoms with Crippen LogP contribution in [0.3, 0.4) is 0 Å². The summed E-state index contributed by atoms with van der Waals surface area (Å²) >= 11 is 0. The van der Waals surface area contributed by atoms with E-state index in [2.05, 4.69) is 17.1 Å². The highest BCUT2D eigenvalue weighted by atomic mass is 16.6. The first kappa shape index (κ1) is 12.7. The predicted octanol–water partition coefficient (Wildman–Crippen LogP) is 1.26. The first-order valence-electron chi connectivity index (χ1n) is 5.52. The van der Waals surface area contributed by atoms with Crippen LogP contribution in [-0.4, -0.2) is 37.0 Å². The SMILES string of the molecule is CC/C(CCN(C)CC)=C1\OC(=O)NC1=O. The van der Waals surface area contributed by atoms with Crippen molar-refractivity contribution in [2.24, 2.45) is 0 Å². The lowest BCUT2D eigenvalue weighted by Gasteiger charge is -2.14. The van der Waals surface area contributed by atoms with Crippen LogP contribution in [0.5, 0.6) is 0 Å². The lowest BCUT2D eigenvalue weighted by Crippen LogP contribution is -2.21. The molecule has 1 N–H and O–H groups in total. The highest BCUT2D eigenvalue weighted by Crippen LogP contribution is 2.18. The summed E-state index contributed by atoms with van der Waals surface area (Å²) in [6.45, 7) is 5.83. The Balaban J connectivity index is 2.69. The number of imide groups is 1. The fourth-order valence-electron chi connectivity index (χ4n) is 1.48. The molecule has 0 aromatic carbocycles. The molecule has 0 spiro atoms. The summed E-state index contributed by atoms with van der Waals surface area (Å²) < 4.78 is 4.85. The minimum atomic E-state index is -0.671. The summed E-state index contributed by atoms with van der Waals surface area (Å²) in [5.74, 6) is -0.224. The minimum Gasteiger partial charge on any atom is -0.404 e. The molecule has 0 bridgehead atoms. The average Bonchev–Trinajstić information content (AvgIpc) is 2.59. The Kier molecular flexibility index (Phi) is 4.49. The molecule has 1 saturated heterocycles. The molecule has 5 nitrogen and oxygen atoms in total. The average molecular weight is 226 g/mol. The lowest BCUT2D eigenvalue weighted by molar-refractivity contribution is -0.116. The number of ether oxygens (including phenoxy) is 1. The van der Waals surface area contributed by atoms with E-state index < -0.39 is 12.0 Å². The zero-order chi connectivity index (χ0) is 12.1. The molecule has 16 heavy (non-hydrogen) atoms. The van der Waals surface area contributed by atoms with Gasteiger partial charge in [0.1, 0.15) is 0 Å². The monoisotopic (exact) mass is 226 g/mol. The quantitative estimate of drug-likeness (QED) is 0.717. The van der Waals surface area contributed by atoms with Crippen LogP contribution in [0, 0.1) is 0 Å². The molecule has 1 aliphatic rings. The van der Waals surface area contributed by atoms with Crippen molar-refractivity contribution >= 4 is 12.0 Å². The fourth-order valence-corrected chi connectivity index (χ4v) is 1.48. The Morgan fingerprint density at radius 1 is 1.38 bits per heavy atom. The van der Waals surface area contributed by atoms with Crippen molar-refractivity contribution in [3.63, 3.8) is 0 Å². The third kappa shape index (κ3) is 3.06. The molecule has 0 saturated carbocycles. The highest BCUT2D eigenvalue weighted by molar-refractivity contribution is 6.07. The van der Waals surface area contributed by atoms with Crippen molar-refractivity contribution in [1.29, 1.82) is 0 Å². The molecule has 1 rings (SSSR count). The number of amides is 2. The third-order valence-corrected chi connectivity index (χ3v) is 2.70. The molecule has 5 heteroatoms. The molecule has 1 aliphatic heterocycles. The van der Waals surface area contributed by atoms with E-state index in [9.17, 15) is 9.59 Å². The van der Waals surface area contributed by atoms with Gasteiger partial charge in [0, 0.05) is 6.54 Å². The molecule has 0 atom stereocenters. The molecular weight excluding hydrogens is 208 g/mol. The number of nitrogens with one attached hydrogen (secondary N) is 1. The van der Waals surface area contributed by atoms with Gasteiger partial charge in [-0.15, -0.1) is 0 Å². The van der Waals surface area contributed by atoms with Gasteiger partial charge < -0.3 is 9.64 Å². The van der Waals surface area contributed by atoms with Gasteiger partial charge in [0.25, 0.3) is 5.91 Å². The maximum absolute atomic E-state index is 11.4. The van der Waals surface area contributed by atoms with Gasteiger partial charge in [0.2, 0.25) is 0 Å². The summed E-state index contributed by atoms with van der Waals surface area (Å²) in [5.41, 5.74) is 0.892. The van der Waals surface area contributed by atoms with E-state index in [1.54, 1.807) is 0 Å². The van der Waals surface area contributed by atoms with E-state index in [1.807, 2.05) is 14.0 Å². The molecule has 0 aromatic heterocycles. The van der Waals surface area contributed by atoms with Crippen molar-refractivity contribution < 1.29 is 14.3 Å². The Morgan fingerprint density at radius 2 is 2.06 bits per heavy atom. The van der Waals surface area contributed by atoms with Crippen LogP contribution in [0.4, 0.5) is 4.79 Å². The van der Waals surface area contributed by atoms with E-state index in [0.717, 1.165) is 25.1 Å². The van der Waals surface area contributed by atoms with Gasteiger partial charge in [-0.05, 0) is 32.0 Å². The van der Waals surface area contributed by atoms with Crippen LogP contribution in [0.1, 0.15) is 26.7 Å². The van der Waals surface area contributed by atoms with E-state index in [0.29, 0.717) is 6.42 Å². The number of alkyl carbamates (subject to hydrolysis) is 1. The largest absolute Gasteiger partial charge is 0.419 e. The van der Waals surface area contributed by atoms with Crippen LogP contribution in [-0.2, 0) is 9.53 Å². The Morgan fingerprint density at radius 3 is 2.50 bits per heavy atom. The maximum atomic E-state index is 11.4. The van der Waals surface area contributed by atoms with Gasteiger partial charge in [0.15, 0.2) is 5.76 Å². The second-order valence-electron chi connectivity index (χ2n) is 3.78. The molecule has 0 aliphatic carbocycles. The van der Waals surface area contributed by atoms with Crippen LogP contribution in [0.15, 0.2) is 11.3 Å². The summed E-state index contributed by atoms with van der Waals surface area (Å²) in [5, 5.41) is 2.11. The van der Waals surface area contributed by atoms with Crippen molar-refractivity contribution in [3.05, 3.63) is 11.3 Å². The Hall–Kier alpha value is -1.36. The zero-order valence-corrected chi connectivity index (χ0v) is 10.0. The number of hydrogen-bond acceptors (Lipinski definition) is 4. The molecule has 1 heterocycles. The summed E-state index contributed by atoms with van der Waals surface area (Å²) in [7, 11) is 2.01. The highest BCUT2D eigenvalue weighted by Gasteiger charge is 2.28. The first-order valence-corrected chi connectivity index (χ1v) is 5.52. The van der Waals surface area contributed by atoms with Crippen molar-refractivity contribution in [3.8, 4) is 0 Å². The lowest BCUT2D eigenvalue weighted by atomic mass is 10.1. The minimum absolute atomic E-state index is 0.192. The van der Waals surface area contributed by atoms with Crippen LogP contribution in [0.25, 0.3) is 0 Å². The third-order valence-electron chi connectivity index (χ3n) is 2.70. The molecular formula is C11H18N2O3. The summed E-state index contributed by atoms with van der Waals surface area (Å²) in [6.07, 6.45) is 0.791. The smallest absolute Gasteiger partial charge is 0.404 e. The standard InChI is InChI=1S/C11H18N2O3/c1-4-8(6-7-13(3)5-2)9-10(14)12-11(15)16-9/h4-7H2,1-3H3,(H,12,14,15)/b9-8+. The molecule has 0 radical (unpaired) electrons. The van der Waals surface area contributed by atoms with Gasteiger partial charge in [-0.3, -0.25) is 10.1 Å². The Labute approximate surface area is 95.4 Å². The van der Waals surface area contributed by atoms with Gasteiger partial charge in [-0.25, -0.2) is 4.79 Å². The van der Waals surface area contributed by atoms with Gasteiger partial charge in [-0.2, -0.15) is 0 Å². The number of nitrogens with zero attached hydrogens (tertiary/aromatic N) is 1. The second-order valence-corrected chi connectivity index (χ2v) is 3.78. The fraction of sp³-hybridized carbons (Fsp3) is 0.636. The maximum Gasteiger partial charge on any atom is 0.419 e. The number of hydrogen-bond donors (Lipinski definition) is 1. The van der Waals surface area contributed by atoms with Crippen molar-refractivity contribution in [2.75, 3.05) is 20.1 Å². The number of carbonyl (C=O) groups is 2. The van der Waals surface area contributed by atoms with E-state index >= 15 is 0 Å². The molecule has 0 unspecified atom stereocenters. The number of rotatable bonds is 5. The van der Waals surface area contributed by atoms with Gasteiger partial charge >= 0.3 is 6.09 Å². The van der Waals surface area contributed by atoms with E-state index in [1.165, 1.54) is 0 Å².